The van der Waals surface area contributed by atoms with Gasteiger partial charge in [0.2, 0.25) is 11.8 Å². The zero-order valence-corrected chi connectivity index (χ0v) is 13.0. The third kappa shape index (κ3) is 4.37. The lowest BCUT2D eigenvalue weighted by Gasteiger charge is -2.24. The molecule has 7 heteroatoms. The van der Waals surface area contributed by atoms with Crippen LogP contribution in [0.4, 0.5) is 13.2 Å². The Bertz CT molecular complexity index is 629. The molecule has 0 saturated heterocycles. The van der Waals surface area contributed by atoms with Gasteiger partial charge in [-0.15, -0.1) is 0 Å². The van der Waals surface area contributed by atoms with E-state index in [0.29, 0.717) is 12.8 Å². The van der Waals surface area contributed by atoms with Gasteiger partial charge < -0.3 is 10.6 Å². The molecule has 2 unspecified atom stereocenters. The molecule has 1 aromatic rings. The number of amides is 2. The first-order valence-electron chi connectivity index (χ1n) is 7.68. The summed E-state index contributed by atoms with van der Waals surface area (Å²) in [7, 11) is 0. The molecular formula is C17H19F3N2O2. The first kappa shape index (κ1) is 18.0. The number of benzene rings is 1. The number of carbonyl (C=O) groups is 2. The highest BCUT2D eigenvalue weighted by atomic mass is 19.4. The molecule has 1 aromatic carbocycles. The molecule has 0 bridgehead atoms. The molecule has 1 aliphatic rings. The molecule has 1 saturated carbocycles. The van der Waals surface area contributed by atoms with Crippen LogP contribution >= 0.6 is 0 Å². The smallest absolute Gasteiger partial charge is 0.351 e. The summed E-state index contributed by atoms with van der Waals surface area (Å²) in [6.07, 6.45) is -1.45. The average molecular weight is 340 g/mol. The lowest BCUT2D eigenvalue weighted by Crippen LogP contribution is -2.42. The van der Waals surface area contributed by atoms with E-state index in [4.69, 9.17) is 0 Å². The van der Waals surface area contributed by atoms with Crippen LogP contribution in [0.15, 0.2) is 36.9 Å². The Kier molecular flexibility index (Phi) is 5.64. The standard InChI is InChI=1S/C17H19F3N2O2/c1-2-15(23)21-10-16(24)22-14-9-5-7-12(14)11-6-3-4-8-13(11)17(18,19)20/h2-4,6,8,12,14H,1,5,7,9-10H2,(H,21,23)(H,22,24). The Labute approximate surface area is 138 Å². The Hall–Kier alpha value is -2.31. The summed E-state index contributed by atoms with van der Waals surface area (Å²) in [5.74, 6) is -1.29. The third-order valence-corrected chi connectivity index (χ3v) is 4.14. The Morgan fingerprint density at radius 3 is 2.62 bits per heavy atom. The molecule has 1 aliphatic carbocycles. The molecule has 0 aromatic heterocycles. The molecular weight excluding hydrogens is 321 g/mol. The van der Waals surface area contributed by atoms with Crippen LogP contribution < -0.4 is 10.6 Å². The van der Waals surface area contributed by atoms with Gasteiger partial charge in [-0.05, 0) is 30.5 Å². The van der Waals surface area contributed by atoms with Gasteiger partial charge in [0.1, 0.15) is 0 Å². The molecule has 1 fully saturated rings. The van der Waals surface area contributed by atoms with Gasteiger partial charge in [0.25, 0.3) is 0 Å². The molecule has 0 aliphatic heterocycles. The van der Waals surface area contributed by atoms with Crippen LogP contribution in [0.1, 0.15) is 36.3 Å². The molecule has 4 nitrogen and oxygen atoms in total. The number of hydrogen-bond acceptors (Lipinski definition) is 2. The molecule has 2 atom stereocenters. The van der Waals surface area contributed by atoms with Gasteiger partial charge in [0.05, 0.1) is 12.1 Å². The summed E-state index contributed by atoms with van der Waals surface area (Å²) in [5.41, 5.74) is -0.445. The Morgan fingerprint density at radius 1 is 1.25 bits per heavy atom. The average Bonchev–Trinajstić information content (AvgIpc) is 2.99. The predicted molar refractivity (Wildman–Crippen MR) is 83.2 cm³/mol. The number of hydrogen-bond donors (Lipinski definition) is 2. The first-order valence-corrected chi connectivity index (χ1v) is 7.68. The number of carbonyl (C=O) groups excluding carboxylic acids is 2. The summed E-state index contributed by atoms with van der Waals surface area (Å²) in [6.45, 7) is 3.05. The molecule has 2 N–H and O–H groups in total. The van der Waals surface area contributed by atoms with Crippen molar-refractivity contribution < 1.29 is 22.8 Å². The van der Waals surface area contributed by atoms with Crippen LogP contribution in [-0.2, 0) is 15.8 Å². The number of nitrogens with one attached hydrogen (secondary N) is 2. The Morgan fingerprint density at radius 2 is 1.96 bits per heavy atom. The van der Waals surface area contributed by atoms with Gasteiger partial charge in [-0.1, -0.05) is 31.2 Å². The number of halogens is 3. The predicted octanol–water partition coefficient (Wildman–Crippen LogP) is 2.76. The molecule has 2 amide bonds. The minimum Gasteiger partial charge on any atom is -0.351 e. The second-order valence-corrected chi connectivity index (χ2v) is 5.72. The molecule has 2 rings (SSSR count). The number of rotatable bonds is 5. The summed E-state index contributed by atoms with van der Waals surface area (Å²) >= 11 is 0. The number of alkyl halides is 3. The fourth-order valence-corrected chi connectivity index (χ4v) is 3.08. The molecule has 0 heterocycles. The van der Waals surface area contributed by atoms with Gasteiger partial charge >= 0.3 is 6.18 Å². The fourth-order valence-electron chi connectivity index (χ4n) is 3.08. The SMILES string of the molecule is C=CC(=O)NCC(=O)NC1CCCC1c1ccccc1C(F)(F)F. The van der Waals surface area contributed by atoms with E-state index in [0.717, 1.165) is 18.6 Å². The van der Waals surface area contributed by atoms with E-state index in [9.17, 15) is 22.8 Å². The zero-order chi connectivity index (χ0) is 17.7. The maximum atomic E-state index is 13.2. The maximum absolute atomic E-state index is 13.2. The summed E-state index contributed by atoms with van der Waals surface area (Å²) in [5, 5.41) is 5.08. The van der Waals surface area contributed by atoms with Crippen LogP contribution in [0.25, 0.3) is 0 Å². The quantitative estimate of drug-likeness (QED) is 0.810. The first-order chi connectivity index (χ1) is 11.3. The third-order valence-electron chi connectivity index (χ3n) is 4.14. The lowest BCUT2D eigenvalue weighted by atomic mass is 9.89. The topological polar surface area (TPSA) is 58.2 Å². The molecule has 130 valence electrons. The highest BCUT2D eigenvalue weighted by Gasteiger charge is 2.38. The van der Waals surface area contributed by atoms with E-state index >= 15 is 0 Å². The second-order valence-electron chi connectivity index (χ2n) is 5.72. The van der Waals surface area contributed by atoms with Gasteiger partial charge in [0.15, 0.2) is 0 Å². The van der Waals surface area contributed by atoms with Gasteiger partial charge in [-0.3, -0.25) is 9.59 Å². The van der Waals surface area contributed by atoms with Crippen molar-refractivity contribution in [3.63, 3.8) is 0 Å². The van der Waals surface area contributed by atoms with E-state index in [1.54, 1.807) is 6.07 Å². The van der Waals surface area contributed by atoms with E-state index in [2.05, 4.69) is 17.2 Å². The van der Waals surface area contributed by atoms with E-state index < -0.39 is 23.6 Å². The van der Waals surface area contributed by atoms with Gasteiger partial charge in [-0.25, -0.2) is 0 Å². The van der Waals surface area contributed by atoms with Crippen molar-refractivity contribution in [1.82, 2.24) is 10.6 Å². The monoisotopic (exact) mass is 340 g/mol. The van der Waals surface area contributed by atoms with Crippen molar-refractivity contribution in [1.29, 1.82) is 0 Å². The van der Waals surface area contributed by atoms with Crippen molar-refractivity contribution in [2.45, 2.75) is 37.4 Å². The van der Waals surface area contributed by atoms with Crippen molar-refractivity contribution in [2.75, 3.05) is 6.54 Å². The lowest BCUT2D eigenvalue weighted by molar-refractivity contribution is -0.138. The van der Waals surface area contributed by atoms with Crippen molar-refractivity contribution in [2.24, 2.45) is 0 Å². The van der Waals surface area contributed by atoms with Crippen LogP contribution in [-0.4, -0.2) is 24.4 Å². The highest BCUT2D eigenvalue weighted by molar-refractivity contribution is 5.90. The zero-order valence-electron chi connectivity index (χ0n) is 13.0. The fraction of sp³-hybridized carbons (Fsp3) is 0.412. The highest BCUT2D eigenvalue weighted by Crippen LogP contribution is 2.41. The van der Waals surface area contributed by atoms with Crippen molar-refractivity contribution in [3.8, 4) is 0 Å². The van der Waals surface area contributed by atoms with E-state index in [1.807, 2.05) is 0 Å². The largest absolute Gasteiger partial charge is 0.416 e. The van der Waals surface area contributed by atoms with Crippen molar-refractivity contribution in [3.05, 3.63) is 48.0 Å². The van der Waals surface area contributed by atoms with Crippen LogP contribution in [0.5, 0.6) is 0 Å². The summed E-state index contributed by atoms with van der Waals surface area (Å²) in [6, 6.07) is 5.10. The normalized spacial score (nSPS) is 20.5. The summed E-state index contributed by atoms with van der Waals surface area (Å²) < 4.78 is 39.6. The van der Waals surface area contributed by atoms with Gasteiger partial charge in [-0.2, -0.15) is 13.2 Å². The maximum Gasteiger partial charge on any atom is 0.416 e. The van der Waals surface area contributed by atoms with Crippen LogP contribution in [0.3, 0.4) is 0 Å². The van der Waals surface area contributed by atoms with Gasteiger partial charge in [0, 0.05) is 12.0 Å². The molecule has 0 spiro atoms. The van der Waals surface area contributed by atoms with Crippen LogP contribution in [0, 0.1) is 0 Å². The minimum absolute atomic E-state index is 0.211. The Balaban J connectivity index is 2.10. The van der Waals surface area contributed by atoms with Crippen molar-refractivity contribution >= 4 is 11.8 Å². The molecule has 24 heavy (non-hydrogen) atoms. The molecule has 0 radical (unpaired) electrons. The minimum atomic E-state index is -4.42. The second kappa shape index (κ2) is 7.51. The van der Waals surface area contributed by atoms with E-state index in [1.165, 1.54) is 12.1 Å². The van der Waals surface area contributed by atoms with Crippen LogP contribution in [0.2, 0.25) is 0 Å². The summed E-state index contributed by atoms with van der Waals surface area (Å²) in [4.78, 5) is 23.0. The van der Waals surface area contributed by atoms with E-state index in [-0.39, 0.29) is 24.1 Å².